The predicted molar refractivity (Wildman–Crippen MR) is 97.0 cm³/mol. The molecule has 4 aliphatic carbocycles. The van der Waals surface area contributed by atoms with Crippen LogP contribution in [0.15, 0.2) is 0 Å². The first kappa shape index (κ1) is 18.9. The number of unbranched alkanes of at least 4 members (excludes halogenated alkanes) is 2. The number of nitrogens with one attached hydrogen (secondary N) is 1. The monoisotopic (exact) mass is 410 g/mol. The Hall–Kier alpha value is 0.880. The fraction of sp³-hybridized carbons (Fsp3) is 1.00. The van der Waals surface area contributed by atoms with Gasteiger partial charge < -0.3 is 11.1 Å². The van der Waals surface area contributed by atoms with Crippen LogP contribution in [-0.4, -0.2) is 19.6 Å². The summed E-state index contributed by atoms with van der Waals surface area (Å²) >= 11 is 0. The van der Waals surface area contributed by atoms with Crippen LogP contribution in [0.3, 0.4) is 0 Å². The maximum atomic E-state index is 5.53. The Kier molecular flexibility index (Phi) is 8.04. The second-order valence-electron chi connectivity index (χ2n) is 7.44. The highest BCUT2D eigenvalue weighted by molar-refractivity contribution is 8.93. The van der Waals surface area contributed by atoms with E-state index in [1.54, 1.807) is 19.3 Å². The first-order valence-corrected chi connectivity index (χ1v) is 8.20. The van der Waals surface area contributed by atoms with Crippen LogP contribution in [-0.2, 0) is 0 Å². The average molecular weight is 412 g/mol. The van der Waals surface area contributed by atoms with E-state index >= 15 is 0 Å². The number of hydrogen-bond acceptors (Lipinski definition) is 2. The molecule has 4 rings (SSSR count). The van der Waals surface area contributed by atoms with Gasteiger partial charge in [0.1, 0.15) is 0 Å². The van der Waals surface area contributed by atoms with Gasteiger partial charge in [0.2, 0.25) is 0 Å². The lowest BCUT2D eigenvalue weighted by Gasteiger charge is -2.57. The molecule has 20 heavy (non-hydrogen) atoms. The maximum absolute atomic E-state index is 5.53. The molecule has 4 bridgehead atoms. The lowest BCUT2D eigenvalue weighted by Crippen LogP contribution is -2.50. The zero-order valence-corrected chi connectivity index (χ0v) is 16.0. The molecule has 0 aliphatic heterocycles. The van der Waals surface area contributed by atoms with Crippen molar-refractivity contribution in [1.29, 1.82) is 0 Å². The lowest BCUT2D eigenvalue weighted by atomic mass is 9.49. The molecule has 0 spiro atoms. The van der Waals surface area contributed by atoms with E-state index in [4.69, 9.17) is 5.73 Å². The molecule has 0 heterocycles. The first-order valence-electron chi connectivity index (χ1n) is 8.20. The summed E-state index contributed by atoms with van der Waals surface area (Å²) < 4.78 is 0. The van der Waals surface area contributed by atoms with E-state index in [0.717, 1.165) is 24.3 Å². The molecular weight excluding hydrogens is 380 g/mol. The smallest absolute Gasteiger partial charge is 0.000811 e. The van der Waals surface area contributed by atoms with Crippen molar-refractivity contribution in [3.63, 3.8) is 0 Å². The molecule has 4 heteroatoms. The van der Waals surface area contributed by atoms with Crippen LogP contribution in [0.4, 0.5) is 0 Å². The summed E-state index contributed by atoms with van der Waals surface area (Å²) in [6.07, 6.45) is 13.1. The fourth-order valence-corrected chi connectivity index (χ4v) is 5.43. The second kappa shape index (κ2) is 8.50. The molecule has 0 aromatic rings. The van der Waals surface area contributed by atoms with Crippen molar-refractivity contribution in [2.75, 3.05) is 19.6 Å². The summed E-state index contributed by atoms with van der Waals surface area (Å²) in [5, 5.41) is 3.76. The Morgan fingerprint density at radius 3 is 1.90 bits per heavy atom. The van der Waals surface area contributed by atoms with Crippen molar-refractivity contribution in [2.24, 2.45) is 28.9 Å². The van der Waals surface area contributed by atoms with Gasteiger partial charge in [-0.05, 0) is 87.6 Å². The van der Waals surface area contributed by atoms with E-state index in [1.165, 1.54) is 51.6 Å². The molecule has 0 aromatic carbocycles. The Balaban J connectivity index is 0.000001000. The van der Waals surface area contributed by atoms with E-state index < -0.39 is 0 Å². The lowest BCUT2D eigenvalue weighted by molar-refractivity contribution is -0.0512. The van der Waals surface area contributed by atoms with Crippen molar-refractivity contribution >= 4 is 34.0 Å². The number of nitrogens with two attached hydrogens (primary N) is 1. The third-order valence-electron chi connectivity index (χ3n) is 5.72. The highest BCUT2D eigenvalue weighted by Gasteiger charge is 2.50. The van der Waals surface area contributed by atoms with Gasteiger partial charge in [-0.15, -0.1) is 34.0 Å². The second-order valence-corrected chi connectivity index (χ2v) is 7.44. The topological polar surface area (TPSA) is 38.0 Å². The van der Waals surface area contributed by atoms with Gasteiger partial charge in [-0.3, -0.25) is 0 Å². The molecule has 0 aromatic heterocycles. The molecular formula is C16H32Br2N2. The molecule has 4 aliphatic rings. The zero-order valence-electron chi connectivity index (χ0n) is 12.6. The van der Waals surface area contributed by atoms with Crippen LogP contribution in [0.2, 0.25) is 0 Å². The molecule has 0 unspecified atom stereocenters. The van der Waals surface area contributed by atoms with Crippen LogP contribution in [0.1, 0.15) is 57.8 Å². The normalized spacial score (nSPS) is 37.4. The Labute approximate surface area is 145 Å². The SMILES string of the molecule is Br.Br.NCCCCCNCC12CC3CC(CC(C3)C1)C2. The van der Waals surface area contributed by atoms with Gasteiger partial charge in [-0.1, -0.05) is 6.42 Å². The summed E-state index contributed by atoms with van der Waals surface area (Å²) in [6, 6.07) is 0. The van der Waals surface area contributed by atoms with Crippen molar-refractivity contribution in [3.8, 4) is 0 Å². The third kappa shape index (κ3) is 4.44. The third-order valence-corrected chi connectivity index (χ3v) is 5.72. The number of hydrogen-bond donors (Lipinski definition) is 2. The van der Waals surface area contributed by atoms with Crippen LogP contribution in [0.25, 0.3) is 0 Å². The minimum Gasteiger partial charge on any atom is -0.330 e. The molecule has 2 nitrogen and oxygen atoms in total. The molecule has 4 fully saturated rings. The van der Waals surface area contributed by atoms with E-state index in [-0.39, 0.29) is 34.0 Å². The van der Waals surface area contributed by atoms with Crippen molar-refractivity contribution in [3.05, 3.63) is 0 Å². The number of rotatable bonds is 7. The Morgan fingerprint density at radius 2 is 1.40 bits per heavy atom. The zero-order chi connectivity index (χ0) is 12.4. The number of halogens is 2. The molecule has 0 amide bonds. The van der Waals surface area contributed by atoms with Gasteiger partial charge in [0.05, 0.1) is 0 Å². The summed E-state index contributed by atoms with van der Waals surface area (Å²) in [5.41, 5.74) is 6.24. The summed E-state index contributed by atoms with van der Waals surface area (Å²) in [4.78, 5) is 0. The molecule has 0 radical (unpaired) electrons. The van der Waals surface area contributed by atoms with Gasteiger partial charge in [-0.25, -0.2) is 0 Å². The van der Waals surface area contributed by atoms with Crippen molar-refractivity contribution < 1.29 is 0 Å². The van der Waals surface area contributed by atoms with Gasteiger partial charge in [0.25, 0.3) is 0 Å². The quantitative estimate of drug-likeness (QED) is 0.619. The van der Waals surface area contributed by atoms with Crippen molar-refractivity contribution in [1.82, 2.24) is 5.32 Å². The van der Waals surface area contributed by atoms with E-state index in [1.807, 2.05) is 0 Å². The van der Waals surface area contributed by atoms with Gasteiger partial charge in [-0.2, -0.15) is 0 Å². The van der Waals surface area contributed by atoms with Crippen LogP contribution >= 0.6 is 34.0 Å². The standard InChI is InChI=1S/C16H30N2.2BrH/c17-4-2-1-3-5-18-12-16-9-13-6-14(10-16)8-15(7-13)11-16;;/h13-15,18H,1-12,17H2;2*1H. The minimum absolute atomic E-state index is 0. The van der Waals surface area contributed by atoms with E-state index in [0.29, 0.717) is 5.41 Å². The highest BCUT2D eigenvalue weighted by atomic mass is 79.9. The maximum Gasteiger partial charge on any atom is 0.000811 e. The average Bonchev–Trinajstić information content (AvgIpc) is 2.32. The Bertz CT molecular complexity index is 248. The van der Waals surface area contributed by atoms with Crippen LogP contribution in [0.5, 0.6) is 0 Å². The van der Waals surface area contributed by atoms with Gasteiger partial charge in [0.15, 0.2) is 0 Å². The Morgan fingerprint density at radius 1 is 0.850 bits per heavy atom. The van der Waals surface area contributed by atoms with Crippen LogP contribution < -0.4 is 11.1 Å². The van der Waals surface area contributed by atoms with Gasteiger partial charge in [0, 0.05) is 6.54 Å². The molecule has 0 saturated heterocycles. The fourth-order valence-electron chi connectivity index (χ4n) is 5.43. The molecule has 4 saturated carbocycles. The highest BCUT2D eigenvalue weighted by Crippen LogP contribution is 2.59. The van der Waals surface area contributed by atoms with E-state index in [9.17, 15) is 0 Å². The van der Waals surface area contributed by atoms with Crippen molar-refractivity contribution in [2.45, 2.75) is 57.8 Å². The largest absolute Gasteiger partial charge is 0.330 e. The summed E-state index contributed by atoms with van der Waals surface area (Å²) in [5.74, 6) is 3.28. The minimum atomic E-state index is 0. The molecule has 120 valence electrons. The summed E-state index contributed by atoms with van der Waals surface area (Å²) in [6.45, 7) is 3.37. The van der Waals surface area contributed by atoms with Gasteiger partial charge >= 0.3 is 0 Å². The molecule has 0 atom stereocenters. The van der Waals surface area contributed by atoms with E-state index in [2.05, 4.69) is 5.32 Å². The summed E-state index contributed by atoms with van der Waals surface area (Å²) in [7, 11) is 0. The van der Waals surface area contributed by atoms with Crippen LogP contribution in [0, 0.1) is 23.2 Å². The first-order chi connectivity index (χ1) is 8.80. The predicted octanol–water partition coefficient (Wildman–Crippen LogP) is 4.08. The molecule has 3 N–H and O–H groups in total.